The van der Waals surface area contributed by atoms with Gasteiger partial charge in [0.25, 0.3) is 0 Å². The fourth-order valence-electron chi connectivity index (χ4n) is 2.35. The van der Waals surface area contributed by atoms with Crippen LogP contribution in [0.5, 0.6) is 0 Å². The summed E-state index contributed by atoms with van der Waals surface area (Å²) in [6, 6.07) is 8.03. The lowest BCUT2D eigenvalue weighted by Gasteiger charge is -2.21. The zero-order valence-corrected chi connectivity index (χ0v) is 11.3. The Morgan fingerprint density at radius 2 is 2.11 bits per heavy atom. The Kier molecular flexibility index (Phi) is 3.88. The number of rotatable bonds is 5. The minimum absolute atomic E-state index is 0.0311. The molecule has 0 aromatic heterocycles. The van der Waals surface area contributed by atoms with Gasteiger partial charge in [0.2, 0.25) is 5.91 Å². The van der Waals surface area contributed by atoms with Crippen LogP contribution >= 0.6 is 0 Å². The number of carboxylic acids is 1. The van der Waals surface area contributed by atoms with Gasteiger partial charge in [-0.05, 0) is 25.8 Å². The van der Waals surface area contributed by atoms with Crippen molar-refractivity contribution >= 4 is 11.9 Å². The minimum atomic E-state index is -0.857. The molecule has 1 aliphatic carbocycles. The van der Waals surface area contributed by atoms with E-state index in [4.69, 9.17) is 5.11 Å². The molecule has 0 bridgehead atoms. The van der Waals surface area contributed by atoms with Crippen molar-refractivity contribution < 1.29 is 14.7 Å². The van der Waals surface area contributed by atoms with Crippen molar-refractivity contribution in [1.29, 1.82) is 0 Å². The summed E-state index contributed by atoms with van der Waals surface area (Å²) in [4.78, 5) is 24.8. The quantitative estimate of drug-likeness (QED) is 0.882. The maximum Gasteiger partial charge on any atom is 0.307 e. The molecule has 1 amide bonds. The molecule has 1 saturated carbocycles. The van der Waals surface area contributed by atoms with Gasteiger partial charge < -0.3 is 10.0 Å². The van der Waals surface area contributed by atoms with Gasteiger partial charge in [-0.15, -0.1) is 0 Å². The number of carbonyl (C=O) groups excluding carboxylic acids is 1. The van der Waals surface area contributed by atoms with E-state index in [0.717, 1.165) is 11.1 Å². The van der Waals surface area contributed by atoms with Crippen molar-refractivity contribution in [2.75, 3.05) is 6.54 Å². The average Bonchev–Trinajstić information content (AvgIpc) is 3.15. The molecule has 4 nitrogen and oxygen atoms in total. The molecular formula is C15H19NO3. The van der Waals surface area contributed by atoms with Crippen molar-refractivity contribution in [1.82, 2.24) is 4.90 Å². The Balaban J connectivity index is 2.01. The molecule has 1 aliphatic rings. The van der Waals surface area contributed by atoms with Crippen LogP contribution in [0.25, 0.3) is 0 Å². The van der Waals surface area contributed by atoms with Crippen molar-refractivity contribution in [2.24, 2.45) is 11.8 Å². The summed E-state index contributed by atoms with van der Waals surface area (Å²) in [6.07, 6.45) is 0.485. The van der Waals surface area contributed by atoms with Crippen LogP contribution in [0.15, 0.2) is 24.3 Å². The van der Waals surface area contributed by atoms with Gasteiger partial charge in [-0.3, -0.25) is 9.59 Å². The Labute approximate surface area is 113 Å². The Morgan fingerprint density at radius 1 is 1.37 bits per heavy atom. The number of hydrogen-bond acceptors (Lipinski definition) is 2. The van der Waals surface area contributed by atoms with E-state index in [1.54, 1.807) is 4.90 Å². The van der Waals surface area contributed by atoms with Crippen molar-refractivity contribution in [2.45, 2.75) is 26.8 Å². The van der Waals surface area contributed by atoms with Gasteiger partial charge in [-0.2, -0.15) is 0 Å². The Bertz CT molecular complexity index is 498. The van der Waals surface area contributed by atoms with E-state index in [2.05, 4.69) is 6.07 Å². The molecule has 0 aliphatic heterocycles. The maximum absolute atomic E-state index is 12.2. The van der Waals surface area contributed by atoms with Crippen molar-refractivity contribution in [3.63, 3.8) is 0 Å². The van der Waals surface area contributed by atoms with E-state index >= 15 is 0 Å². The van der Waals surface area contributed by atoms with Crippen LogP contribution in [0.4, 0.5) is 0 Å². The molecular weight excluding hydrogens is 242 g/mol. The number of benzene rings is 1. The summed E-state index contributed by atoms with van der Waals surface area (Å²) in [6.45, 7) is 5.10. The first-order chi connectivity index (χ1) is 9.02. The molecule has 19 heavy (non-hydrogen) atoms. The summed E-state index contributed by atoms with van der Waals surface area (Å²) < 4.78 is 0. The van der Waals surface area contributed by atoms with Crippen molar-refractivity contribution in [3.8, 4) is 0 Å². The number of amides is 1. The highest BCUT2D eigenvalue weighted by Crippen LogP contribution is 2.40. The molecule has 1 aromatic carbocycles. The maximum atomic E-state index is 12.2. The predicted molar refractivity (Wildman–Crippen MR) is 71.5 cm³/mol. The molecule has 0 heterocycles. The summed E-state index contributed by atoms with van der Waals surface area (Å²) in [5.74, 6) is -1.68. The molecule has 0 spiro atoms. The third-order valence-corrected chi connectivity index (χ3v) is 3.57. The lowest BCUT2D eigenvalue weighted by molar-refractivity contribution is -0.142. The molecule has 1 N–H and O–H groups in total. The predicted octanol–water partition coefficient (Wildman–Crippen LogP) is 2.06. The SMILES string of the molecule is CCN(Cc1cccc(C)c1)C(=O)C1CC1C(=O)O. The van der Waals surface area contributed by atoms with Crippen LogP contribution < -0.4 is 0 Å². The summed E-state index contributed by atoms with van der Waals surface area (Å²) in [5.41, 5.74) is 2.25. The number of aliphatic carboxylic acids is 1. The Morgan fingerprint density at radius 3 is 2.63 bits per heavy atom. The largest absolute Gasteiger partial charge is 0.481 e. The number of hydrogen-bond donors (Lipinski definition) is 1. The summed E-state index contributed by atoms with van der Waals surface area (Å²) >= 11 is 0. The normalized spacial score (nSPS) is 20.9. The van der Waals surface area contributed by atoms with E-state index < -0.39 is 11.9 Å². The summed E-state index contributed by atoms with van der Waals surface area (Å²) in [7, 11) is 0. The molecule has 2 atom stereocenters. The van der Waals surface area contributed by atoms with Crippen LogP contribution in [0, 0.1) is 18.8 Å². The highest BCUT2D eigenvalue weighted by atomic mass is 16.4. The smallest absolute Gasteiger partial charge is 0.307 e. The molecule has 1 fully saturated rings. The highest BCUT2D eigenvalue weighted by molar-refractivity contribution is 5.89. The fourth-order valence-corrected chi connectivity index (χ4v) is 2.35. The molecule has 0 radical (unpaired) electrons. The van der Waals surface area contributed by atoms with Gasteiger partial charge >= 0.3 is 5.97 Å². The molecule has 2 unspecified atom stereocenters. The van der Waals surface area contributed by atoms with E-state index in [1.807, 2.05) is 32.0 Å². The molecule has 4 heteroatoms. The van der Waals surface area contributed by atoms with Crippen LogP contribution in [0.3, 0.4) is 0 Å². The van der Waals surface area contributed by atoms with Crippen LogP contribution in [0.2, 0.25) is 0 Å². The standard InChI is InChI=1S/C15H19NO3/c1-3-16(9-11-6-4-5-10(2)7-11)14(17)12-8-13(12)15(18)19/h4-7,12-13H,3,8-9H2,1-2H3,(H,18,19). The second kappa shape index (κ2) is 5.43. The molecule has 1 aromatic rings. The van der Waals surface area contributed by atoms with Crippen LogP contribution in [-0.4, -0.2) is 28.4 Å². The minimum Gasteiger partial charge on any atom is -0.481 e. The molecule has 0 saturated heterocycles. The van der Waals surface area contributed by atoms with E-state index in [1.165, 1.54) is 0 Å². The lowest BCUT2D eigenvalue weighted by atomic mass is 10.1. The Hall–Kier alpha value is -1.84. The van der Waals surface area contributed by atoms with Gasteiger partial charge in [-0.25, -0.2) is 0 Å². The van der Waals surface area contributed by atoms with E-state index in [0.29, 0.717) is 19.5 Å². The number of nitrogens with zero attached hydrogens (tertiary/aromatic N) is 1. The summed E-state index contributed by atoms with van der Waals surface area (Å²) in [5, 5.41) is 8.88. The highest BCUT2D eigenvalue weighted by Gasteiger charge is 2.49. The van der Waals surface area contributed by atoms with Crippen LogP contribution in [0.1, 0.15) is 24.5 Å². The van der Waals surface area contributed by atoms with Gasteiger partial charge in [0.15, 0.2) is 0 Å². The molecule has 102 valence electrons. The number of carboxylic acid groups (broad SMARTS) is 1. The first-order valence-corrected chi connectivity index (χ1v) is 6.60. The van der Waals surface area contributed by atoms with Crippen molar-refractivity contribution in [3.05, 3.63) is 35.4 Å². The fraction of sp³-hybridized carbons (Fsp3) is 0.467. The van der Waals surface area contributed by atoms with Gasteiger partial charge in [-0.1, -0.05) is 29.8 Å². The lowest BCUT2D eigenvalue weighted by Crippen LogP contribution is -2.32. The third kappa shape index (κ3) is 3.13. The van der Waals surface area contributed by atoms with Gasteiger partial charge in [0.1, 0.15) is 0 Å². The third-order valence-electron chi connectivity index (χ3n) is 3.57. The number of carbonyl (C=O) groups is 2. The second-order valence-electron chi connectivity index (χ2n) is 5.13. The zero-order valence-electron chi connectivity index (χ0n) is 11.3. The number of aryl methyl sites for hydroxylation is 1. The van der Waals surface area contributed by atoms with Gasteiger partial charge in [0, 0.05) is 13.1 Å². The first kappa shape index (κ1) is 13.6. The van der Waals surface area contributed by atoms with Gasteiger partial charge in [0.05, 0.1) is 11.8 Å². The van der Waals surface area contributed by atoms with E-state index in [9.17, 15) is 9.59 Å². The average molecular weight is 261 g/mol. The van der Waals surface area contributed by atoms with E-state index in [-0.39, 0.29) is 11.8 Å². The molecule has 2 rings (SSSR count). The first-order valence-electron chi connectivity index (χ1n) is 6.60. The second-order valence-corrected chi connectivity index (χ2v) is 5.13. The topological polar surface area (TPSA) is 57.6 Å². The zero-order chi connectivity index (χ0) is 14.0. The monoisotopic (exact) mass is 261 g/mol. The van der Waals surface area contributed by atoms with Crippen LogP contribution in [-0.2, 0) is 16.1 Å².